The highest BCUT2D eigenvalue weighted by Crippen LogP contribution is 2.40. The number of fused-ring (bicyclic) bond motifs is 3. The zero-order valence-corrected chi connectivity index (χ0v) is 28.2. The molecule has 2 heterocycles. The van der Waals surface area contributed by atoms with Crippen LogP contribution in [-0.4, -0.2) is 19.5 Å². The van der Waals surface area contributed by atoms with Gasteiger partial charge in [0.2, 0.25) is 0 Å². The fourth-order valence-corrected chi connectivity index (χ4v) is 6.28. The number of nitrogens with zero attached hydrogens (tertiary/aromatic N) is 4. The van der Waals surface area contributed by atoms with E-state index in [-0.39, 0.29) is 55.8 Å². The lowest BCUT2D eigenvalue weighted by atomic mass is 9.97. The van der Waals surface area contributed by atoms with E-state index in [1.807, 2.05) is 0 Å². The quantitative estimate of drug-likeness (QED) is 0.164. The summed E-state index contributed by atoms with van der Waals surface area (Å²) in [6.07, 6.45) is 0. The van der Waals surface area contributed by atoms with Gasteiger partial charge < -0.3 is 4.57 Å². The zero-order chi connectivity index (χ0) is 55.7. The number of hydrogen-bond donors (Lipinski definition) is 0. The second-order valence-electron chi connectivity index (χ2n) is 12.0. The minimum atomic E-state index is -0.807. The van der Waals surface area contributed by atoms with Gasteiger partial charge >= 0.3 is 0 Å². The molecule has 0 saturated carbocycles. The number of rotatable bonds is 7. The van der Waals surface area contributed by atoms with Gasteiger partial charge in [-0.15, -0.1) is 0 Å². The summed E-state index contributed by atoms with van der Waals surface area (Å²) in [6, 6.07) is 3.91. The summed E-state index contributed by atoms with van der Waals surface area (Å²) in [7, 11) is 0. The minimum absolute atomic E-state index is 0.0691. The third-order valence-corrected chi connectivity index (χ3v) is 8.76. The molecular weight excluding hydrogens is 669 g/mol. The highest BCUT2D eigenvalue weighted by molar-refractivity contribution is 6.10. The number of hydrogen-bond acceptors (Lipinski definition) is 3. The Kier molecular flexibility index (Phi) is 4.21. The Labute approximate surface area is 350 Å². The van der Waals surface area contributed by atoms with Crippen molar-refractivity contribution in [1.29, 1.82) is 0 Å². The van der Waals surface area contributed by atoms with Crippen LogP contribution in [0.1, 0.15) is 30.2 Å². The summed E-state index contributed by atoms with van der Waals surface area (Å²) in [6.45, 7) is 0. The fraction of sp³-hybridized carbons (Fsp3) is 0. The highest BCUT2D eigenvalue weighted by atomic mass is 15.1. The first-order valence-electron chi connectivity index (χ1n) is 27.7. The van der Waals surface area contributed by atoms with Crippen molar-refractivity contribution in [2.75, 3.05) is 0 Å². The van der Waals surface area contributed by atoms with Crippen LogP contribution < -0.4 is 0 Å². The number of benzene rings is 8. The van der Waals surface area contributed by atoms with Crippen molar-refractivity contribution in [3.8, 4) is 73.2 Å². The molecule has 0 N–H and O–H groups in total. The number of aromatic nitrogens is 4. The maximum atomic E-state index is 9.93. The Morgan fingerprint density at radius 2 is 0.909 bits per heavy atom. The van der Waals surface area contributed by atoms with Gasteiger partial charge in [0.1, 0.15) is 0 Å². The van der Waals surface area contributed by atoms with Gasteiger partial charge in [0, 0.05) is 27.5 Å². The van der Waals surface area contributed by atoms with E-state index in [1.165, 1.54) is 16.7 Å². The van der Waals surface area contributed by atoms with E-state index in [1.54, 1.807) is 60.7 Å². The molecule has 0 aliphatic rings. The van der Waals surface area contributed by atoms with Crippen molar-refractivity contribution in [3.63, 3.8) is 0 Å². The first-order valence-corrected chi connectivity index (χ1v) is 16.7. The lowest BCUT2D eigenvalue weighted by Crippen LogP contribution is -2.04. The molecule has 4 nitrogen and oxygen atoms in total. The Balaban J connectivity index is 1.40. The van der Waals surface area contributed by atoms with Crippen molar-refractivity contribution in [3.05, 3.63) is 206 Å². The summed E-state index contributed by atoms with van der Waals surface area (Å²) in [5.41, 5.74) is -1.39. The first kappa shape index (κ1) is 16.7. The molecule has 0 aliphatic carbocycles. The second kappa shape index (κ2) is 13.8. The fourth-order valence-electron chi connectivity index (χ4n) is 6.28. The molecule has 0 fully saturated rings. The van der Waals surface area contributed by atoms with Crippen molar-refractivity contribution < 1.29 is 30.2 Å². The summed E-state index contributed by atoms with van der Waals surface area (Å²) >= 11 is 0. The van der Waals surface area contributed by atoms with Gasteiger partial charge in [-0.2, -0.15) is 0 Å². The average Bonchev–Trinajstić information content (AvgIpc) is 3.86. The van der Waals surface area contributed by atoms with Gasteiger partial charge in [0.05, 0.1) is 46.9 Å². The van der Waals surface area contributed by atoms with Gasteiger partial charge in [-0.05, 0) is 63.7 Å². The molecule has 0 atom stereocenters. The molecule has 2 aromatic heterocycles. The number of para-hydroxylation sites is 1. The Hall–Kier alpha value is -7.43. The molecule has 258 valence electrons. The minimum Gasteiger partial charge on any atom is -0.308 e. The molecule has 0 radical (unpaired) electrons. The van der Waals surface area contributed by atoms with Crippen LogP contribution in [0.25, 0.3) is 95.0 Å². The van der Waals surface area contributed by atoms with Gasteiger partial charge in [0.15, 0.2) is 17.5 Å². The van der Waals surface area contributed by atoms with Crippen LogP contribution in [0.2, 0.25) is 0 Å². The Morgan fingerprint density at radius 1 is 0.364 bits per heavy atom. The maximum absolute atomic E-state index is 9.93. The van der Waals surface area contributed by atoms with E-state index >= 15 is 0 Å². The highest BCUT2D eigenvalue weighted by Gasteiger charge is 2.21. The normalized spacial score (nSPS) is 16.9. The molecule has 8 aromatic carbocycles. The van der Waals surface area contributed by atoms with Crippen molar-refractivity contribution in [1.82, 2.24) is 19.5 Å². The monoisotopic (exact) mass is 724 g/mol. The predicted octanol–water partition coefficient (Wildman–Crippen LogP) is 13.0. The van der Waals surface area contributed by atoms with Crippen LogP contribution in [0.3, 0.4) is 0 Å². The molecule has 0 bridgehead atoms. The summed E-state index contributed by atoms with van der Waals surface area (Å²) in [4.78, 5) is 14.3. The lowest BCUT2D eigenvalue weighted by molar-refractivity contribution is 1.06. The van der Waals surface area contributed by atoms with E-state index < -0.39 is 155 Å². The molecule has 0 saturated heterocycles. The van der Waals surface area contributed by atoms with Crippen LogP contribution in [0.4, 0.5) is 0 Å². The van der Waals surface area contributed by atoms with Crippen molar-refractivity contribution in [2.45, 2.75) is 0 Å². The molecule has 10 aromatic rings. The summed E-state index contributed by atoms with van der Waals surface area (Å²) < 4.78 is 195. The van der Waals surface area contributed by atoms with Crippen LogP contribution in [0.5, 0.6) is 0 Å². The van der Waals surface area contributed by atoms with Crippen LogP contribution in [0, 0.1) is 0 Å². The second-order valence-corrected chi connectivity index (χ2v) is 12.0. The molecule has 0 aliphatic heterocycles. The van der Waals surface area contributed by atoms with E-state index in [4.69, 9.17) is 33.3 Å². The molecule has 10 rings (SSSR count). The zero-order valence-electron chi connectivity index (χ0n) is 50.2. The Bertz CT molecular complexity index is 4170. The van der Waals surface area contributed by atoms with E-state index in [0.717, 1.165) is 0 Å². The van der Waals surface area contributed by atoms with Crippen LogP contribution in [0.15, 0.2) is 206 Å². The third-order valence-electron chi connectivity index (χ3n) is 8.76. The van der Waals surface area contributed by atoms with E-state index in [9.17, 15) is 6.85 Å². The van der Waals surface area contributed by atoms with Gasteiger partial charge in [0.25, 0.3) is 0 Å². The molecule has 0 unspecified atom stereocenters. The maximum Gasteiger partial charge on any atom is 0.166 e. The molecule has 4 heteroatoms. The van der Waals surface area contributed by atoms with Crippen LogP contribution in [-0.2, 0) is 0 Å². The van der Waals surface area contributed by atoms with Gasteiger partial charge in [-0.3, -0.25) is 0 Å². The first-order chi connectivity index (χ1) is 36.4. The molecule has 0 spiro atoms. The van der Waals surface area contributed by atoms with E-state index in [0.29, 0.717) is 16.7 Å². The summed E-state index contributed by atoms with van der Waals surface area (Å²) in [5.74, 6) is -0.791. The smallest absolute Gasteiger partial charge is 0.166 e. The van der Waals surface area contributed by atoms with Crippen molar-refractivity contribution in [2.24, 2.45) is 0 Å². The van der Waals surface area contributed by atoms with Gasteiger partial charge in [-0.1, -0.05) is 175 Å². The van der Waals surface area contributed by atoms with Gasteiger partial charge in [-0.25, -0.2) is 15.0 Å². The average molecular weight is 725 g/mol. The van der Waals surface area contributed by atoms with Crippen molar-refractivity contribution >= 4 is 21.8 Å². The summed E-state index contributed by atoms with van der Waals surface area (Å²) in [5, 5.41) is -0.674. The topological polar surface area (TPSA) is 43.6 Å². The molecule has 0 amide bonds. The Morgan fingerprint density at radius 3 is 1.64 bits per heavy atom. The lowest BCUT2D eigenvalue weighted by Gasteiger charge is -2.17. The third kappa shape index (κ3) is 6.06. The molecule has 55 heavy (non-hydrogen) atoms. The largest absolute Gasteiger partial charge is 0.308 e. The SMILES string of the molecule is [2H]c1c([2H])c([2H])c(-c2cccc(-c3ccc(-n4c5c([2H])c([2H])c([2H])c([2H])c5c5c([2H])c([2H])c(-c6c([2H])c([2H])c([2H])c([2H])c6[2H])c([2H])c54)c(-c4nc(-c5ccccc5)nc(-c5c([2H])c([2H])c([2H])c([2H])c5[2H])n4)c3)c2)c([2H])c1[2H]. The molecular formula is C51H34N4. The predicted molar refractivity (Wildman–Crippen MR) is 227 cm³/mol. The van der Waals surface area contributed by atoms with E-state index in [2.05, 4.69) is 4.98 Å². The van der Waals surface area contributed by atoms with Crippen LogP contribution >= 0.6 is 0 Å². The standard InChI is InChI=1S/C51H34N4/c1-5-16-35(17-6-1)39-24-15-25-40(32-39)41-29-31-47(55-46-27-14-13-26-43(46)44-30-28-42(34-48(44)55)36-18-7-2-8-19-36)45(33-41)51-53-49(37-20-9-3-10-21-37)52-50(54-51)38-22-11-4-12-23-38/h1-34H/i1D,2D,3D,5D,6D,7D,8D,9D,10D,13D,14D,16D,17D,18D,19D,20D,21D,26D,27D,28D,30D,34D.